The second-order valence-electron chi connectivity index (χ2n) is 14.3. The Morgan fingerprint density at radius 3 is 2.24 bits per heavy atom. The number of halogens is 4. The number of carbonyl (C=O) groups excluding carboxylic acids is 4. The molecule has 1 unspecified atom stereocenters. The summed E-state index contributed by atoms with van der Waals surface area (Å²) >= 11 is 0. The fourth-order valence-corrected chi connectivity index (χ4v) is 7.23. The van der Waals surface area contributed by atoms with Gasteiger partial charge in [-0.1, -0.05) is 57.0 Å². The first-order chi connectivity index (χ1) is 25.6. The second kappa shape index (κ2) is 17.0. The Morgan fingerprint density at radius 2 is 1.61 bits per heavy atom. The molecule has 3 atom stereocenters. The Bertz CT molecular complexity index is 1820. The van der Waals surface area contributed by atoms with Gasteiger partial charge in [0.1, 0.15) is 11.9 Å². The lowest BCUT2D eigenvalue weighted by Gasteiger charge is -2.41. The summed E-state index contributed by atoms with van der Waals surface area (Å²) in [4.78, 5) is 56.7. The van der Waals surface area contributed by atoms with Crippen molar-refractivity contribution in [1.82, 2.24) is 4.90 Å². The van der Waals surface area contributed by atoms with Crippen LogP contribution < -0.4 is 16.0 Å². The minimum atomic E-state index is -4.63. The van der Waals surface area contributed by atoms with Crippen LogP contribution >= 0.6 is 0 Å². The Hall–Kier alpha value is -4.98. The first-order valence-electron chi connectivity index (χ1n) is 18.1. The molecule has 5 rings (SSSR count). The van der Waals surface area contributed by atoms with Crippen LogP contribution in [0.15, 0.2) is 60.7 Å². The minimum absolute atomic E-state index is 0.0000282. The number of carbonyl (C=O) groups is 4. The number of piperidine rings is 1. The summed E-state index contributed by atoms with van der Waals surface area (Å²) in [6.07, 6.45) is -1.51. The van der Waals surface area contributed by atoms with Crippen LogP contribution in [0.2, 0.25) is 0 Å². The summed E-state index contributed by atoms with van der Waals surface area (Å²) in [7, 11) is 0. The number of nitrogens with zero attached hydrogens (tertiary/aromatic N) is 2. The van der Waals surface area contributed by atoms with E-state index >= 15 is 4.39 Å². The highest BCUT2D eigenvalue weighted by atomic mass is 19.4. The van der Waals surface area contributed by atoms with Gasteiger partial charge in [-0.15, -0.1) is 0 Å². The number of likely N-dealkylation sites (tertiary alicyclic amines) is 1. The van der Waals surface area contributed by atoms with E-state index in [1.807, 2.05) is 0 Å². The molecule has 0 radical (unpaired) electrons. The molecule has 0 aromatic heterocycles. The Kier molecular flexibility index (Phi) is 12.7. The van der Waals surface area contributed by atoms with Crippen molar-refractivity contribution >= 4 is 35.3 Å². The normalized spacial score (nSPS) is 18.3. The van der Waals surface area contributed by atoms with Crippen molar-refractivity contribution in [3.05, 3.63) is 94.3 Å². The van der Waals surface area contributed by atoms with E-state index in [2.05, 4.69) is 5.32 Å². The van der Waals surface area contributed by atoms with Gasteiger partial charge in [-0.3, -0.25) is 19.3 Å². The summed E-state index contributed by atoms with van der Waals surface area (Å²) in [5.41, 5.74) is 6.12. The largest absolute Gasteiger partial charge is 0.427 e. The Morgan fingerprint density at radius 1 is 0.926 bits per heavy atom. The van der Waals surface area contributed by atoms with Crippen molar-refractivity contribution in [2.45, 2.75) is 90.5 Å². The molecule has 3 aromatic rings. The molecule has 3 N–H and O–H groups in total. The van der Waals surface area contributed by atoms with Crippen LogP contribution in [0.3, 0.4) is 0 Å². The predicted molar refractivity (Wildman–Crippen MR) is 194 cm³/mol. The first kappa shape index (κ1) is 40.2. The smallest absolute Gasteiger partial charge is 0.417 e. The van der Waals surface area contributed by atoms with Crippen molar-refractivity contribution in [3.63, 3.8) is 0 Å². The van der Waals surface area contributed by atoms with Crippen molar-refractivity contribution in [1.29, 1.82) is 0 Å². The lowest BCUT2D eigenvalue weighted by molar-refractivity contribution is -0.154. The van der Waals surface area contributed by atoms with Gasteiger partial charge in [0.2, 0.25) is 12.7 Å². The molecule has 1 heterocycles. The quantitative estimate of drug-likeness (QED) is 0.122. The van der Waals surface area contributed by atoms with E-state index in [0.717, 1.165) is 18.9 Å². The SMILES string of the molecule is Cc1ccc(NC(=O)[C@H]2CCCN(C(=O)c3c(C)cccc3F)[C@H]2c2ccc(N(C(=O)OCOC(=O)C(N)C(C)C)C3CCCC3)cc2)cc1C(F)(F)F. The summed E-state index contributed by atoms with van der Waals surface area (Å²) in [5, 5.41) is 2.63. The van der Waals surface area contributed by atoms with E-state index in [9.17, 15) is 32.3 Å². The zero-order valence-corrected chi connectivity index (χ0v) is 30.8. The minimum Gasteiger partial charge on any atom is -0.427 e. The van der Waals surface area contributed by atoms with Crippen LogP contribution in [0.1, 0.15) is 91.0 Å². The van der Waals surface area contributed by atoms with E-state index < -0.39 is 66.2 Å². The van der Waals surface area contributed by atoms with E-state index in [0.29, 0.717) is 36.1 Å². The molecule has 2 fully saturated rings. The molecule has 14 heteroatoms. The fraction of sp³-hybridized carbons (Fsp3) is 0.450. The van der Waals surface area contributed by atoms with E-state index in [-0.39, 0.29) is 41.7 Å². The van der Waals surface area contributed by atoms with Gasteiger partial charge in [0, 0.05) is 24.0 Å². The molecule has 3 aromatic carbocycles. The van der Waals surface area contributed by atoms with Crippen molar-refractivity contribution in [2.24, 2.45) is 17.6 Å². The monoisotopic (exact) mass is 754 g/mol. The van der Waals surface area contributed by atoms with Gasteiger partial charge in [0.25, 0.3) is 5.91 Å². The third kappa shape index (κ3) is 9.03. The average molecular weight is 755 g/mol. The third-order valence-corrected chi connectivity index (χ3v) is 10.2. The molecule has 10 nitrogen and oxygen atoms in total. The van der Waals surface area contributed by atoms with Crippen molar-refractivity contribution in [3.8, 4) is 0 Å². The molecular formula is C40H46F4N4O6. The van der Waals surface area contributed by atoms with Crippen molar-refractivity contribution in [2.75, 3.05) is 23.6 Å². The van der Waals surface area contributed by atoms with Crippen LogP contribution in [0.4, 0.5) is 33.7 Å². The molecule has 54 heavy (non-hydrogen) atoms. The van der Waals surface area contributed by atoms with Gasteiger partial charge in [-0.25, -0.2) is 9.18 Å². The summed E-state index contributed by atoms with van der Waals surface area (Å²) in [6, 6.07) is 12.5. The lowest BCUT2D eigenvalue weighted by Crippen LogP contribution is -2.47. The highest BCUT2D eigenvalue weighted by Gasteiger charge is 2.41. The van der Waals surface area contributed by atoms with Crippen LogP contribution in [0, 0.1) is 31.5 Å². The van der Waals surface area contributed by atoms with Gasteiger partial charge in [-0.2, -0.15) is 13.2 Å². The number of nitrogens with one attached hydrogen (secondary N) is 1. The number of rotatable bonds is 10. The topological polar surface area (TPSA) is 131 Å². The van der Waals surface area contributed by atoms with Gasteiger partial charge in [0.05, 0.1) is 23.1 Å². The maximum Gasteiger partial charge on any atom is 0.417 e. The number of nitrogens with two attached hydrogens (primary N) is 1. The second-order valence-corrected chi connectivity index (χ2v) is 14.3. The standard InChI is InChI=1S/C40H46F4N4O6/c1-23(2)34(45)38(51)53-22-54-39(52)48(28-10-5-6-11-28)29-18-15-26(16-19-29)35-30(36(49)46-27-17-14-24(3)31(21-27)40(42,43)44)12-8-20-47(35)37(50)33-25(4)9-7-13-32(33)41/h7,9,13-19,21,23,28,30,34-35H,5-6,8,10-12,20,22,45H2,1-4H3,(H,46,49)/t30-,34?,35-/m0/s1. The number of anilines is 2. The molecular weight excluding hydrogens is 708 g/mol. The molecule has 2 aliphatic rings. The number of ether oxygens (including phenoxy) is 2. The lowest BCUT2D eigenvalue weighted by atomic mass is 9.83. The number of hydrogen-bond acceptors (Lipinski definition) is 7. The van der Waals surface area contributed by atoms with Crippen LogP contribution in [0.5, 0.6) is 0 Å². The number of aryl methyl sites for hydroxylation is 2. The Labute approximate surface area is 312 Å². The predicted octanol–water partition coefficient (Wildman–Crippen LogP) is 8.06. The van der Waals surface area contributed by atoms with E-state index in [1.54, 1.807) is 51.1 Å². The van der Waals surface area contributed by atoms with Gasteiger partial charge < -0.3 is 25.4 Å². The van der Waals surface area contributed by atoms with E-state index in [1.165, 1.54) is 41.0 Å². The van der Waals surface area contributed by atoms with Crippen LogP contribution in [-0.4, -0.2) is 54.2 Å². The molecule has 0 bridgehead atoms. The van der Waals surface area contributed by atoms with E-state index in [4.69, 9.17) is 15.2 Å². The molecule has 3 amide bonds. The zero-order chi connectivity index (χ0) is 39.3. The van der Waals surface area contributed by atoms with Gasteiger partial charge >= 0.3 is 18.2 Å². The third-order valence-electron chi connectivity index (χ3n) is 10.2. The molecule has 290 valence electrons. The highest BCUT2D eigenvalue weighted by Crippen LogP contribution is 2.40. The fourth-order valence-electron chi connectivity index (χ4n) is 7.23. The van der Waals surface area contributed by atoms with Gasteiger partial charge in [0.15, 0.2) is 0 Å². The summed E-state index contributed by atoms with van der Waals surface area (Å²) in [5.74, 6) is -3.76. The summed E-state index contributed by atoms with van der Waals surface area (Å²) < 4.78 is 66.7. The molecule has 1 saturated carbocycles. The number of benzene rings is 3. The molecule has 1 aliphatic carbocycles. The number of hydrogen-bond donors (Lipinski definition) is 2. The van der Waals surface area contributed by atoms with Gasteiger partial charge in [-0.05, 0) is 92.5 Å². The number of esters is 1. The highest BCUT2D eigenvalue weighted by molar-refractivity contribution is 5.98. The molecule has 1 aliphatic heterocycles. The van der Waals surface area contributed by atoms with Crippen molar-refractivity contribution < 1.29 is 46.2 Å². The van der Waals surface area contributed by atoms with Crippen LogP contribution in [-0.2, 0) is 25.2 Å². The Balaban J connectivity index is 1.47. The average Bonchev–Trinajstić information content (AvgIpc) is 3.66. The first-order valence-corrected chi connectivity index (χ1v) is 18.1. The molecule has 0 spiro atoms. The molecule has 1 saturated heterocycles. The summed E-state index contributed by atoms with van der Waals surface area (Å²) in [6.45, 7) is 6.02. The maximum absolute atomic E-state index is 15.2. The van der Waals surface area contributed by atoms with Crippen LogP contribution in [0.25, 0.3) is 0 Å². The zero-order valence-electron chi connectivity index (χ0n) is 30.8. The number of alkyl halides is 3. The maximum atomic E-state index is 15.2. The number of amides is 3.